The summed E-state index contributed by atoms with van der Waals surface area (Å²) in [5, 5.41) is 7.33. The third-order valence-electron chi connectivity index (χ3n) is 4.34. The van der Waals surface area contributed by atoms with Gasteiger partial charge in [0, 0.05) is 42.5 Å². The van der Waals surface area contributed by atoms with Crippen LogP contribution in [0.5, 0.6) is 0 Å². The van der Waals surface area contributed by atoms with Gasteiger partial charge in [0.15, 0.2) is 5.96 Å². The van der Waals surface area contributed by atoms with Crippen LogP contribution in [0.3, 0.4) is 0 Å². The first kappa shape index (κ1) is 21.9. The van der Waals surface area contributed by atoms with Gasteiger partial charge in [0.25, 0.3) is 0 Å². The molecule has 0 aliphatic rings. The molecule has 0 aliphatic heterocycles. The number of nitrogens with one attached hydrogen (secondary N) is 2. The van der Waals surface area contributed by atoms with E-state index in [1.54, 1.807) is 23.9 Å². The highest BCUT2D eigenvalue weighted by Crippen LogP contribution is 2.37. The van der Waals surface area contributed by atoms with Crippen molar-refractivity contribution in [3.63, 3.8) is 0 Å². The van der Waals surface area contributed by atoms with Crippen LogP contribution in [0.15, 0.2) is 41.2 Å². The smallest absolute Gasteiger partial charge is 0.188 e. The lowest BCUT2D eigenvalue weighted by Crippen LogP contribution is -2.33. The third-order valence-corrected chi connectivity index (χ3v) is 6.42. The number of guanidine groups is 1. The second kappa shape index (κ2) is 10.8. The number of H-pyrrole nitrogens is 1. The van der Waals surface area contributed by atoms with Crippen molar-refractivity contribution >= 4 is 52.1 Å². The van der Waals surface area contributed by atoms with Crippen LogP contribution in [0.4, 0.5) is 0 Å². The van der Waals surface area contributed by atoms with E-state index in [4.69, 9.17) is 40.5 Å². The number of aromatic nitrogens is 3. The monoisotopic (exact) mass is 470 g/mol. The summed E-state index contributed by atoms with van der Waals surface area (Å²) in [5.74, 6) is 0.461. The maximum absolute atomic E-state index is 6.22. The largest absolute Gasteiger partial charge is 0.370 e. The van der Waals surface area contributed by atoms with E-state index < -0.39 is 0 Å². The lowest BCUT2D eigenvalue weighted by Gasteiger charge is -2.17. The van der Waals surface area contributed by atoms with Crippen molar-refractivity contribution in [3.8, 4) is 0 Å². The van der Waals surface area contributed by atoms with Crippen LogP contribution >= 0.6 is 46.1 Å². The number of benzene rings is 1. The van der Waals surface area contributed by atoms with E-state index in [1.807, 2.05) is 23.7 Å². The summed E-state index contributed by atoms with van der Waals surface area (Å²) in [4.78, 5) is 15.9. The molecule has 1 aromatic carbocycles. The molecule has 4 N–H and O–H groups in total. The molecule has 0 aliphatic carbocycles. The van der Waals surface area contributed by atoms with Crippen molar-refractivity contribution in [1.29, 1.82) is 0 Å². The predicted octanol–water partition coefficient (Wildman–Crippen LogP) is 4.89. The Kier molecular flexibility index (Phi) is 8.18. The number of rotatable bonds is 9. The molecule has 29 heavy (non-hydrogen) atoms. The molecule has 1 atom stereocenters. The molecule has 0 radical (unpaired) electrons. The Labute approximate surface area is 188 Å². The van der Waals surface area contributed by atoms with Crippen molar-refractivity contribution < 1.29 is 0 Å². The second-order valence-electron chi connectivity index (χ2n) is 6.38. The summed E-state index contributed by atoms with van der Waals surface area (Å²) < 4.78 is 0. The number of hydrogen-bond acceptors (Lipinski definition) is 4. The number of nitrogens with zero attached hydrogens (tertiary/aromatic N) is 3. The highest BCUT2D eigenvalue weighted by molar-refractivity contribution is 7.09. The van der Waals surface area contributed by atoms with Gasteiger partial charge in [0.1, 0.15) is 5.01 Å². The molecule has 0 fully saturated rings. The van der Waals surface area contributed by atoms with Crippen molar-refractivity contribution in [2.75, 3.05) is 13.1 Å². The molecule has 0 bridgehead atoms. The van der Waals surface area contributed by atoms with Crippen LogP contribution in [0.25, 0.3) is 0 Å². The first-order valence-electron chi connectivity index (χ1n) is 9.09. The zero-order chi connectivity index (χ0) is 20.6. The molecule has 0 amide bonds. The molecule has 2 aromatic heterocycles. The first-order valence-corrected chi connectivity index (χ1v) is 11.1. The van der Waals surface area contributed by atoms with E-state index in [2.05, 4.69) is 25.3 Å². The molecule has 1 unspecified atom stereocenters. The van der Waals surface area contributed by atoms with E-state index in [0.29, 0.717) is 34.1 Å². The Balaban J connectivity index is 1.56. The number of hydrogen-bond donors (Lipinski definition) is 3. The van der Waals surface area contributed by atoms with Gasteiger partial charge in [-0.3, -0.25) is 4.99 Å². The van der Waals surface area contributed by atoms with Crippen molar-refractivity contribution in [2.24, 2.45) is 10.7 Å². The molecule has 3 aromatic rings. The Morgan fingerprint density at radius 1 is 1.28 bits per heavy atom. The number of aryl methyl sites for hydroxylation is 1. The number of thiazole rings is 1. The van der Waals surface area contributed by atoms with E-state index in [9.17, 15) is 0 Å². The minimum atomic E-state index is 0.0305. The van der Waals surface area contributed by atoms with E-state index >= 15 is 0 Å². The molecule has 0 spiro atoms. The van der Waals surface area contributed by atoms with E-state index in [0.717, 1.165) is 35.5 Å². The number of nitrogens with two attached hydrogens (primary N) is 1. The van der Waals surface area contributed by atoms with E-state index in [-0.39, 0.29) is 5.92 Å². The molecule has 2 heterocycles. The van der Waals surface area contributed by atoms with Crippen LogP contribution in [0, 0.1) is 0 Å². The number of aliphatic imine (C=N–C) groups is 1. The number of imidazole rings is 1. The van der Waals surface area contributed by atoms with Crippen molar-refractivity contribution in [1.82, 2.24) is 20.3 Å². The summed E-state index contributed by atoms with van der Waals surface area (Å²) >= 11 is 20.1. The summed E-state index contributed by atoms with van der Waals surface area (Å²) in [7, 11) is 0. The molecular weight excluding hydrogens is 451 g/mol. The van der Waals surface area contributed by atoms with Gasteiger partial charge in [-0.25, -0.2) is 9.97 Å². The first-order chi connectivity index (χ1) is 14.0. The summed E-state index contributed by atoms with van der Waals surface area (Å²) in [5.41, 5.74) is 8.06. The quantitative estimate of drug-likeness (QED) is 0.179. The van der Waals surface area contributed by atoms with Crippen molar-refractivity contribution in [3.05, 3.63) is 67.6 Å². The molecule has 6 nitrogen and oxygen atoms in total. The Morgan fingerprint density at radius 3 is 2.72 bits per heavy atom. The van der Waals surface area contributed by atoms with Gasteiger partial charge >= 0.3 is 0 Å². The van der Waals surface area contributed by atoms with Gasteiger partial charge in [-0.15, -0.1) is 11.3 Å². The van der Waals surface area contributed by atoms with Gasteiger partial charge in [0.2, 0.25) is 0 Å². The van der Waals surface area contributed by atoms with Gasteiger partial charge < -0.3 is 16.0 Å². The number of aromatic amines is 1. The molecule has 0 saturated carbocycles. The zero-order valence-corrected chi connectivity index (χ0v) is 18.6. The molecule has 10 heteroatoms. The minimum absolute atomic E-state index is 0.0305. The molecule has 3 rings (SSSR count). The topological polar surface area (TPSA) is 92.0 Å². The average Bonchev–Trinajstić information content (AvgIpc) is 3.40. The van der Waals surface area contributed by atoms with Crippen LogP contribution in [0.2, 0.25) is 15.1 Å². The summed E-state index contributed by atoms with van der Waals surface area (Å²) in [6, 6.07) is 3.68. The van der Waals surface area contributed by atoms with E-state index in [1.165, 1.54) is 0 Å². The fourth-order valence-electron chi connectivity index (χ4n) is 2.91. The highest BCUT2D eigenvalue weighted by Gasteiger charge is 2.19. The second-order valence-corrected chi connectivity index (χ2v) is 8.50. The zero-order valence-electron chi connectivity index (χ0n) is 15.5. The van der Waals surface area contributed by atoms with Gasteiger partial charge in [-0.05, 0) is 37.0 Å². The highest BCUT2D eigenvalue weighted by atomic mass is 35.5. The lowest BCUT2D eigenvalue weighted by atomic mass is 9.96. The van der Waals surface area contributed by atoms with Gasteiger partial charge in [-0.1, -0.05) is 34.8 Å². The maximum atomic E-state index is 6.22. The predicted molar refractivity (Wildman–Crippen MR) is 121 cm³/mol. The SMILES string of the molecule is NC(=NCCCc1cnc[nH]1)NCCC(c1cc(Cl)c(Cl)c(Cl)c1)c1nccs1. The Hall–Kier alpha value is -1.80. The third kappa shape index (κ3) is 6.34. The van der Waals surface area contributed by atoms with Crippen molar-refractivity contribution in [2.45, 2.75) is 25.2 Å². The van der Waals surface area contributed by atoms with Gasteiger partial charge in [-0.2, -0.15) is 0 Å². The average molecular weight is 472 g/mol. The Bertz CT molecular complexity index is 905. The van der Waals surface area contributed by atoms with Gasteiger partial charge in [0.05, 0.1) is 21.4 Å². The standard InChI is InChI=1S/C19H21Cl3N6S/c20-15-8-12(9-16(21)17(15)22)14(18-25-6-7-29-18)3-5-27-19(23)26-4-1-2-13-10-24-11-28-13/h6-11,14H,1-5H2,(H,24,28)(H3,23,26,27). The lowest BCUT2D eigenvalue weighted by molar-refractivity contribution is 0.683. The number of halogens is 3. The maximum Gasteiger partial charge on any atom is 0.188 e. The fraction of sp³-hybridized carbons (Fsp3) is 0.316. The Morgan fingerprint density at radius 2 is 2.07 bits per heavy atom. The minimum Gasteiger partial charge on any atom is -0.370 e. The molecule has 154 valence electrons. The van der Waals surface area contributed by atoms with Crippen LogP contribution in [0.1, 0.15) is 35.0 Å². The molecule has 0 saturated heterocycles. The normalized spacial score (nSPS) is 12.9. The summed E-state index contributed by atoms with van der Waals surface area (Å²) in [6.45, 7) is 1.29. The fourth-order valence-corrected chi connectivity index (χ4v) is 4.32. The van der Waals surface area contributed by atoms with Crippen LogP contribution in [-0.2, 0) is 6.42 Å². The van der Waals surface area contributed by atoms with Crippen LogP contribution < -0.4 is 11.1 Å². The summed E-state index contributed by atoms with van der Waals surface area (Å²) in [6.07, 6.45) is 7.82. The molecular formula is C19H21Cl3N6S. The van der Waals surface area contributed by atoms with Crippen LogP contribution in [-0.4, -0.2) is 34.0 Å².